The van der Waals surface area contributed by atoms with Gasteiger partial charge in [-0.05, 0) is 31.7 Å². The molecule has 0 aliphatic heterocycles. The molecule has 0 spiro atoms. The fourth-order valence-corrected chi connectivity index (χ4v) is 2.53. The van der Waals surface area contributed by atoms with E-state index in [2.05, 4.69) is 15.4 Å². The van der Waals surface area contributed by atoms with Gasteiger partial charge in [0.05, 0.1) is 5.69 Å². The number of alkyl halides is 3. The number of hydrogen-bond donors (Lipinski definition) is 1. The van der Waals surface area contributed by atoms with Crippen LogP contribution in [-0.2, 0) is 0 Å². The quantitative estimate of drug-likeness (QED) is 0.879. The van der Waals surface area contributed by atoms with Crippen molar-refractivity contribution in [3.05, 3.63) is 28.7 Å². The van der Waals surface area contributed by atoms with Crippen LogP contribution in [0.1, 0.15) is 28.9 Å². The largest absolute Gasteiger partial charge is 0.408 e. The van der Waals surface area contributed by atoms with Crippen molar-refractivity contribution in [1.82, 2.24) is 19.9 Å². The molecule has 2 aromatic rings. The molecule has 3 rings (SSSR count). The van der Waals surface area contributed by atoms with Crippen LogP contribution in [0, 0.1) is 12.8 Å². The highest BCUT2D eigenvalue weighted by molar-refractivity contribution is 6.29. The molecule has 1 N–H and O–H groups in total. The summed E-state index contributed by atoms with van der Waals surface area (Å²) in [5.74, 6) is -1.39. The highest BCUT2D eigenvalue weighted by Gasteiger charge is 2.50. The average Bonchev–Trinajstić information content (AvgIpc) is 3.17. The van der Waals surface area contributed by atoms with Gasteiger partial charge in [0.25, 0.3) is 5.91 Å². The standard InChI is InChI=1S/C13H12ClF3N4O/c1-6-9(11-18-8(14)4-5-21(11)20-6)12(22)19-10(7-2-3-7)13(15,16)17/h4-5,7,10H,2-3H2,1H3,(H,19,22)/t10-/m1/s1. The van der Waals surface area contributed by atoms with Crippen LogP contribution in [0.5, 0.6) is 0 Å². The molecular weight excluding hydrogens is 321 g/mol. The number of hydrogen-bond acceptors (Lipinski definition) is 3. The first-order chi connectivity index (χ1) is 10.3. The van der Waals surface area contributed by atoms with Crippen molar-refractivity contribution in [2.24, 2.45) is 5.92 Å². The predicted molar refractivity (Wildman–Crippen MR) is 72.8 cm³/mol. The summed E-state index contributed by atoms with van der Waals surface area (Å²) in [7, 11) is 0. The molecular formula is C13H12ClF3N4O. The molecule has 22 heavy (non-hydrogen) atoms. The second kappa shape index (κ2) is 5.12. The maximum atomic E-state index is 13.0. The SMILES string of the molecule is Cc1nn2ccc(Cl)nc2c1C(=O)N[C@H](C1CC1)C(F)(F)F. The summed E-state index contributed by atoms with van der Waals surface area (Å²) in [5.41, 5.74) is 0.445. The summed E-state index contributed by atoms with van der Waals surface area (Å²) < 4.78 is 40.4. The molecule has 1 aliphatic rings. The smallest absolute Gasteiger partial charge is 0.340 e. The summed E-state index contributed by atoms with van der Waals surface area (Å²) in [6, 6.07) is -0.362. The Morgan fingerprint density at radius 1 is 1.50 bits per heavy atom. The van der Waals surface area contributed by atoms with E-state index in [0.29, 0.717) is 18.5 Å². The molecule has 1 amide bonds. The van der Waals surface area contributed by atoms with Crippen LogP contribution in [-0.4, -0.2) is 32.7 Å². The maximum absolute atomic E-state index is 13.0. The average molecular weight is 333 g/mol. The van der Waals surface area contributed by atoms with Gasteiger partial charge in [0.15, 0.2) is 5.65 Å². The molecule has 0 bridgehead atoms. The van der Waals surface area contributed by atoms with E-state index in [1.54, 1.807) is 0 Å². The molecule has 9 heteroatoms. The third kappa shape index (κ3) is 2.75. The third-order valence-electron chi connectivity index (χ3n) is 3.59. The zero-order valence-corrected chi connectivity index (χ0v) is 12.2. The molecule has 0 aromatic carbocycles. The monoisotopic (exact) mass is 332 g/mol. The molecule has 2 aromatic heterocycles. The van der Waals surface area contributed by atoms with Crippen LogP contribution >= 0.6 is 11.6 Å². The minimum absolute atomic E-state index is 0.0115. The van der Waals surface area contributed by atoms with Crippen molar-refractivity contribution in [3.8, 4) is 0 Å². The maximum Gasteiger partial charge on any atom is 0.408 e. The molecule has 5 nitrogen and oxygen atoms in total. The molecule has 0 saturated heterocycles. The number of nitrogens with one attached hydrogen (secondary N) is 1. The minimum Gasteiger partial charge on any atom is -0.340 e. The fourth-order valence-electron chi connectivity index (χ4n) is 2.39. The number of carbonyl (C=O) groups is 1. The van der Waals surface area contributed by atoms with E-state index >= 15 is 0 Å². The molecule has 0 radical (unpaired) electrons. The minimum atomic E-state index is -4.47. The van der Waals surface area contributed by atoms with E-state index in [9.17, 15) is 18.0 Å². The first-order valence-corrected chi connectivity index (χ1v) is 7.04. The van der Waals surface area contributed by atoms with Crippen molar-refractivity contribution in [2.75, 3.05) is 0 Å². The second-order valence-electron chi connectivity index (χ2n) is 5.31. The van der Waals surface area contributed by atoms with Gasteiger partial charge in [0.2, 0.25) is 0 Å². The summed E-state index contributed by atoms with van der Waals surface area (Å²) in [6.07, 6.45) is -2.06. The van der Waals surface area contributed by atoms with Gasteiger partial charge >= 0.3 is 6.18 Å². The zero-order valence-electron chi connectivity index (χ0n) is 11.5. The van der Waals surface area contributed by atoms with Gasteiger partial charge < -0.3 is 5.32 Å². The Morgan fingerprint density at radius 3 is 2.77 bits per heavy atom. The van der Waals surface area contributed by atoms with Crippen LogP contribution < -0.4 is 5.32 Å². The first-order valence-electron chi connectivity index (χ1n) is 6.66. The van der Waals surface area contributed by atoms with Crippen LogP contribution in [0.25, 0.3) is 5.65 Å². The van der Waals surface area contributed by atoms with Gasteiger partial charge in [-0.1, -0.05) is 11.6 Å². The summed E-state index contributed by atoms with van der Waals surface area (Å²) in [5, 5.41) is 6.27. The van der Waals surface area contributed by atoms with Crippen molar-refractivity contribution in [2.45, 2.75) is 32.0 Å². The van der Waals surface area contributed by atoms with E-state index in [0.717, 1.165) is 0 Å². The van der Waals surface area contributed by atoms with Gasteiger partial charge in [-0.3, -0.25) is 4.79 Å². The Hall–Kier alpha value is -1.83. The molecule has 1 atom stereocenters. The van der Waals surface area contributed by atoms with E-state index in [1.165, 1.54) is 23.7 Å². The Bertz CT molecular complexity index is 739. The van der Waals surface area contributed by atoms with E-state index < -0.39 is 24.0 Å². The number of fused-ring (bicyclic) bond motifs is 1. The number of amides is 1. The lowest BCUT2D eigenvalue weighted by Gasteiger charge is -2.21. The van der Waals surface area contributed by atoms with Crippen molar-refractivity contribution in [3.63, 3.8) is 0 Å². The van der Waals surface area contributed by atoms with Gasteiger partial charge in [-0.15, -0.1) is 0 Å². The highest BCUT2D eigenvalue weighted by atomic mass is 35.5. The fraction of sp³-hybridized carbons (Fsp3) is 0.462. The van der Waals surface area contributed by atoms with E-state index in [1.807, 2.05) is 0 Å². The van der Waals surface area contributed by atoms with Crippen LogP contribution in [0.2, 0.25) is 5.15 Å². The van der Waals surface area contributed by atoms with E-state index in [-0.39, 0.29) is 16.4 Å². The Balaban J connectivity index is 1.95. The predicted octanol–water partition coefficient (Wildman–Crippen LogP) is 2.76. The Kier molecular flexibility index (Phi) is 3.51. The summed E-state index contributed by atoms with van der Waals surface area (Å²) in [6.45, 7) is 1.54. The van der Waals surface area contributed by atoms with Gasteiger partial charge in [-0.2, -0.15) is 18.3 Å². The summed E-state index contributed by atoms with van der Waals surface area (Å²) >= 11 is 5.78. The van der Waals surface area contributed by atoms with Gasteiger partial charge in [0.1, 0.15) is 16.8 Å². The van der Waals surface area contributed by atoms with Crippen molar-refractivity contribution in [1.29, 1.82) is 0 Å². The van der Waals surface area contributed by atoms with E-state index in [4.69, 9.17) is 11.6 Å². The number of aromatic nitrogens is 3. The molecule has 1 aliphatic carbocycles. The van der Waals surface area contributed by atoms with Gasteiger partial charge in [0, 0.05) is 6.20 Å². The van der Waals surface area contributed by atoms with Crippen LogP contribution in [0.15, 0.2) is 12.3 Å². The molecule has 1 fully saturated rings. The first kappa shape index (κ1) is 15.1. The number of carbonyl (C=O) groups excluding carboxylic acids is 1. The van der Waals surface area contributed by atoms with Gasteiger partial charge in [-0.25, -0.2) is 9.50 Å². The van der Waals surface area contributed by atoms with Crippen molar-refractivity contribution >= 4 is 23.2 Å². The lowest BCUT2D eigenvalue weighted by atomic mass is 10.1. The topological polar surface area (TPSA) is 59.3 Å². The molecule has 0 unspecified atom stereocenters. The Morgan fingerprint density at radius 2 is 2.18 bits per heavy atom. The highest BCUT2D eigenvalue weighted by Crippen LogP contribution is 2.40. The molecule has 118 valence electrons. The van der Waals surface area contributed by atoms with Crippen LogP contribution in [0.4, 0.5) is 13.2 Å². The second-order valence-corrected chi connectivity index (χ2v) is 5.70. The normalized spacial score (nSPS) is 16.8. The molecule has 1 saturated carbocycles. The number of aryl methyl sites for hydroxylation is 1. The zero-order chi connectivity index (χ0) is 16.1. The third-order valence-corrected chi connectivity index (χ3v) is 3.80. The van der Waals surface area contributed by atoms with Crippen LogP contribution in [0.3, 0.4) is 0 Å². The number of rotatable bonds is 3. The summed E-state index contributed by atoms with van der Waals surface area (Å²) in [4.78, 5) is 16.3. The molecule has 2 heterocycles. The number of nitrogens with zero attached hydrogens (tertiary/aromatic N) is 3. The number of halogens is 4. The lowest BCUT2D eigenvalue weighted by Crippen LogP contribution is -2.47. The van der Waals surface area contributed by atoms with Crippen molar-refractivity contribution < 1.29 is 18.0 Å². The Labute approximate surface area is 128 Å². The lowest BCUT2D eigenvalue weighted by molar-refractivity contribution is -0.158.